The van der Waals surface area contributed by atoms with Crippen molar-refractivity contribution in [3.05, 3.63) is 24.4 Å². The Kier molecular flexibility index (Phi) is 6.64. The van der Waals surface area contributed by atoms with Crippen LogP contribution >= 0.6 is 0 Å². The van der Waals surface area contributed by atoms with E-state index in [9.17, 15) is 0 Å². The maximum Gasteiger partial charge on any atom is 0.0265 e. The average molecular weight is 152 g/mol. The fourth-order valence-corrected chi connectivity index (χ4v) is 0.619. The van der Waals surface area contributed by atoms with Gasteiger partial charge in [-0.1, -0.05) is 6.08 Å². The monoisotopic (exact) mass is 152 g/mol. The predicted molar refractivity (Wildman–Crippen MR) is 51.0 cm³/mol. The molecule has 0 amide bonds. The topological polar surface area (TPSA) is 24.4 Å². The molecule has 0 aliphatic heterocycles. The summed E-state index contributed by atoms with van der Waals surface area (Å²) in [4.78, 5) is 4.00. The van der Waals surface area contributed by atoms with Gasteiger partial charge in [0.2, 0.25) is 0 Å². The van der Waals surface area contributed by atoms with Gasteiger partial charge in [0.25, 0.3) is 0 Å². The number of hydrogen-bond donors (Lipinski definition) is 1. The van der Waals surface area contributed by atoms with Gasteiger partial charge in [-0.05, 0) is 19.4 Å². The maximum absolute atomic E-state index is 4.00. The van der Waals surface area contributed by atoms with E-state index in [1.807, 2.05) is 26.1 Å². The molecule has 0 rings (SSSR count). The molecule has 0 saturated carbocycles. The number of hydrogen-bond acceptors (Lipinski definition) is 2. The smallest absolute Gasteiger partial charge is 0.0265 e. The van der Waals surface area contributed by atoms with Crippen molar-refractivity contribution in [2.75, 3.05) is 13.1 Å². The summed E-state index contributed by atoms with van der Waals surface area (Å²) >= 11 is 0. The molecule has 0 aliphatic carbocycles. The van der Waals surface area contributed by atoms with E-state index in [0.29, 0.717) is 0 Å². The summed E-state index contributed by atoms with van der Waals surface area (Å²) in [6.45, 7) is 9.28. The lowest BCUT2D eigenvalue weighted by Gasteiger charge is -1.98. The molecule has 0 spiro atoms. The highest BCUT2D eigenvalue weighted by Crippen LogP contribution is 1.88. The average Bonchev–Trinajstić information content (AvgIpc) is 2.01. The van der Waals surface area contributed by atoms with Crippen molar-refractivity contribution in [1.82, 2.24) is 5.32 Å². The molecule has 0 aromatic carbocycles. The van der Waals surface area contributed by atoms with Crippen molar-refractivity contribution in [2.45, 2.75) is 13.8 Å². The summed E-state index contributed by atoms with van der Waals surface area (Å²) < 4.78 is 0. The molecule has 11 heavy (non-hydrogen) atoms. The van der Waals surface area contributed by atoms with Gasteiger partial charge in [0.15, 0.2) is 0 Å². The van der Waals surface area contributed by atoms with Crippen LogP contribution in [0, 0.1) is 0 Å². The fraction of sp³-hybridized carbons (Fsp3) is 0.444. The van der Waals surface area contributed by atoms with Gasteiger partial charge < -0.3 is 5.32 Å². The highest BCUT2D eigenvalue weighted by molar-refractivity contribution is 5.54. The van der Waals surface area contributed by atoms with Gasteiger partial charge >= 0.3 is 0 Å². The van der Waals surface area contributed by atoms with Crippen LogP contribution in [0.2, 0.25) is 0 Å². The van der Waals surface area contributed by atoms with Crippen LogP contribution in [0.5, 0.6) is 0 Å². The van der Waals surface area contributed by atoms with Gasteiger partial charge in [0.1, 0.15) is 0 Å². The minimum absolute atomic E-state index is 0.848. The highest BCUT2D eigenvalue weighted by atomic mass is 14.8. The summed E-state index contributed by atoms with van der Waals surface area (Å²) in [7, 11) is 0. The molecular weight excluding hydrogens is 136 g/mol. The molecule has 0 atom stereocenters. The summed E-state index contributed by atoms with van der Waals surface area (Å²) in [5.74, 6) is 0. The van der Waals surface area contributed by atoms with Gasteiger partial charge in [0, 0.05) is 25.5 Å². The van der Waals surface area contributed by atoms with Crippen molar-refractivity contribution < 1.29 is 0 Å². The molecule has 0 aromatic rings. The van der Waals surface area contributed by atoms with Gasteiger partial charge in [-0.2, -0.15) is 0 Å². The molecular formula is C9H16N2. The van der Waals surface area contributed by atoms with Crippen LogP contribution in [-0.2, 0) is 0 Å². The van der Waals surface area contributed by atoms with E-state index < -0.39 is 0 Å². The SMILES string of the molecule is C=CCNC/C(C)=C/N=CC. The first-order valence-electron chi connectivity index (χ1n) is 3.76. The van der Waals surface area contributed by atoms with Crippen LogP contribution in [-0.4, -0.2) is 19.3 Å². The van der Waals surface area contributed by atoms with Crippen molar-refractivity contribution >= 4 is 6.21 Å². The van der Waals surface area contributed by atoms with Gasteiger partial charge in [-0.15, -0.1) is 6.58 Å². The van der Waals surface area contributed by atoms with Crippen molar-refractivity contribution in [3.63, 3.8) is 0 Å². The zero-order chi connectivity index (χ0) is 8.53. The zero-order valence-electron chi connectivity index (χ0n) is 7.30. The second kappa shape index (κ2) is 7.22. The normalized spacial score (nSPS) is 12.4. The predicted octanol–water partition coefficient (Wildman–Crippen LogP) is 1.76. The second-order valence-electron chi connectivity index (χ2n) is 2.30. The third-order valence-corrected chi connectivity index (χ3v) is 1.14. The summed E-state index contributed by atoms with van der Waals surface area (Å²) in [5.41, 5.74) is 1.23. The van der Waals surface area contributed by atoms with Crippen LogP contribution in [0.1, 0.15) is 13.8 Å². The van der Waals surface area contributed by atoms with Gasteiger partial charge in [-0.3, -0.25) is 4.99 Å². The molecule has 0 bridgehead atoms. The first-order chi connectivity index (χ1) is 5.31. The van der Waals surface area contributed by atoms with E-state index in [0.717, 1.165) is 13.1 Å². The Labute approximate surface area is 68.7 Å². The van der Waals surface area contributed by atoms with Gasteiger partial charge in [-0.25, -0.2) is 0 Å². The third kappa shape index (κ3) is 7.00. The molecule has 0 aromatic heterocycles. The molecule has 0 aliphatic rings. The van der Waals surface area contributed by atoms with E-state index in [1.165, 1.54) is 5.57 Å². The lowest BCUT2D eigenvalue weighted by molar-refractivity contribution is 0.813. The molecule has 0 saturated heterocycles. The van der Waals surface area contributed by atoms with E-state index in [4.69, 9.17) is 0 Å². The largest absolute Gasteiger partial charge is 0.310 e. The van der Waals surface area contributed by atoms with Crippen molar-refractivity contribution in [1.29, 1.82) is 0 Å². The number of rotatable bonds is 5. The van der Waals surface area contributed by atoms with Crippen LogP contribution in [0.3, 0.4) is 0 Å². The van der Waals surface area contributed by atoms with Crippen LogP contribution in [0.25, 0.3) is 0 Å². The Balaban J connectivity index is 3.50. The van der Waals surface area contributed by atoms with Crippen LogP contribution in [0.4, 0.5) is 0 Å². The molecule has 1 N–H and O–H groups in total. The minimum Gasteiger partial charge on any atom is -0.310 e. The molecule has 0 unspecified atom stereocenters. The minimum atomic E-state index is 0.848. The molecule has 0 radical (unpaired) electrons. The summed E-state index contributed by atoms with van der Waals surface area (Å²) in [6.07, 6.45) is 5.48. The number of nitrogens with zero attached hydrogens (tertiary/aromatic N) is 1. The van der Waals surface area contributed by atoms with Crippen molar-refractivity contribution in [3.8, 4) is 0 Å². The van der Waals surface area contributed by atoms with E-state index >= 15 is 0 Å². The Morgan fingerprint density at radius 2 is 2.36 bits per heavy atom. The van der Waals surface area contributed by atoms with E-state index in [-0.39, 0.29) is 0 Å². The number of aliphatic imine (C=N–C) groups is 1. The Morgan fingerprint density at radius 3 is 2.91 bits per heavy atom. The highest BCUT2D eigenvalue weighted by Gasteiger charge is 1.84. The summed E-state index contributed by atoms with van der Waals surface area (Å²) in [5, 5.41) is 3.18. The van der Waals surface area contributed by atoms with E-state index in [2.05, 4.69) is 16.9 Å². The third-order valence-electron chi connectivity index (χ3n) is 1.14. The van der Waals surface area contributed by atoms with Crippen LogP contribution in [0.15, 0.2) is 29.4 Å². The molecule has 2 nitrogen and oxygen atoms in total. The molecule has 0 heterocycles. The Morgan fingerprint density at radius 1 is 1.64 bits per heavy atom. The molecule has 0 fully saturated rings. The first kappa shape index (κ1) is 10.1. The lowest BCUT2D eigenvalue weighted by Crippen LogP contribution is -2.15. The zero-order valence-corrected chi connectivity index (χ0v) is 7.30. The fourth-order valence-electron chi connectivity index (χ4n) is 0.619. The standard InChI is InChI=1S/C9H16N2/c1-4-6-11-8-9(3)7-10-5-2/h4-5,7,11H,1,6,8H2,2-3H3/b9-7+,10-5?. The first-order valence-corrected chi connectivity index (χ1v) is 3.76. The number of nitrogens with one attached hydrogen (secondary N) is 1. The van der Waals surface area contributed by atoms with Crippen LogP contribution < -0.4 is 5.32 Å². The quantitative estimate of drug-likeness (QED) is 0.362. The van der Waals surface area contributed by atoms with Gasteiger partial charge in [0.05, 0.1) is 0 Å². The van der Waals surface area contributed by atoms with E-state index in [1.54, 1.807) is 6.21 Å². The molecule has 62 valence electrons. The Hall–Kier alpha value is -0.890. The van der Waals surface area contributed by atoms with Crippen molar-refractivity contribution in [2.24, 2.45) is 4.99 Å². The lowest BCUT2D eigenvalue weighted by atomic mass is 10.3. The molecule has 2 heteroatoms. The maximum atomic E-state index is 4.00. The second-order valence-corrected chi connectivity index (χ2v) is 2.30. The Bertz CT molecular complexity index is 157. The summed E-state index contributed by atoms with van der Waals surface area (Å²) in [6, 6.07) is 0.